The summed E-state index contributed by atoms with van der Waals surface area (Å²) in [5.74, 6) is -0.0518. The van der Waals surface area contributed by atoms with Gasteiger partial charge in [-0.15, -0.1) is 0 Å². The highest BCUT2D eigenvalue weighted by Crippen LogP contribution is 2.32. The Morgan fingerprint density at radius 3 is 2.52 bits per heavy atom. The molecular weight excluding hydrogens is 422 g/mol. The van der Waals surface area contributed by atoms with E-state index in [1.54, 1.807) is 22.9 Å². The van der Waals surface area contributed by atoms with Gasteiger partial charge in [0.25, 0.3) is 11.8 Å². The van der Waals surface area contributed by atoms with Crippen LogP contribution in [0.15, 0.2) is 48.5 Å². The fourth-order valence-electron chi connectivity index (χ4n) is 3.99. The Bertz CT molecular complexity index is 1150. The van der Waals surface area contributed by atoms with E-state index < -0.39 is 5.91 Å². The number of nitrogens with zero attached hydrogens (tertiary/aromatic N) is 2. The summed E-state index contributed by atoms with van der Waals surface area (Å²) in [5.41, 5.74) is 14.7. The number of anilines is 1. The number of aromatic nitrogens is 2. The molecule has 172 valence electrons. The van der Waals surface area contributed by atoms with Crippen molar-refractivity contribution in [2.45, 2.75) is 25.4 Å². The summed E-state index contributed by atoms with van der Waals surface area (Å²) < 4.78 is 12.4. The minimum Gasteiger partial charge on any atom is -0.496 e. The number of primary amides is 1. The van der Waals surface area contributed by atoms with E-state index in [0.717, 1.165) is 24.0 Å². The van der Waals surface area contributed by atoms with E-state index >= 15 is 0 Å². The average Bonchev–Trinajstić information content (AvgIpc) is 3.20. The van der Waals surface area contributed by atoms with Crippen molar-refractivity contribution in [2.24, 2.45) is 5.73 Å². The van der Waals surface area contributed by atoms with Gasteiger partial charge in [0.05, 0.1) is 18.7 Å². The summed E-state index contributed by atoms with van der Waals surface area (Å²) in [5, 5.41) is 7.53. The molecule has 1 fully saturated rings. The molecule has 33 heavy (non-hydrogen) atoms. The lowest BCUT2D eigenvalue weighted by molar-refractivity contribution is 0.0669. The van der Waals surface area contributed by atoms with Crippen LogP contribution >= 0.6 is 0 Å². The molecule has 2 heterocycles. The fourth-order valence-corrected chi connectivity index (χ4v) is 3.99. The maximum Gasteiger partial charge on any atom is 0.255 e. The molecule has 0 atom stereocenters. The topological polar surface area (TPSA) is 134 Å². The van der Waals surface area contributed by atoms with Crippen molar-refractivity contribution in [2.75, 3.05) is 26.1 Å². The van der Waals surface area contributed by atoms with Crippen molar-refractivity contribution in [3.8, 4) is 17.0 Å². The SMILES string of the molecule is COc1ccccc1C(=O)NCc1ccc(-c2nn(C3CCOCC3)c(N)c2C(N)=O)cc1. The number of ether oxygens (including phenoxy) is 2. The average molecular weight is 450 g/mol. The van der Waals surface area contributed by atoms with Crippen LogP contribution in [0.25, 0.3) is 11.3 Å². The molecule has 5 N–H and O–H groups in total. The van der Waals surface area contributed by atoms with Crippen LogP contribution in [0.1, 0.15) is 45.2 Å². The number of hydrogen-bond acceptors (Lipinski definition) is 6. The van der Waals surface area contributed by atoms with Crippen LogP contribution in [-0.2, 0) is 11.3 Å². The number of amides is 2. The third kappa shape index (κ3) is 4.68. The number of carbonyl (C=O) groups excluding carboxylic acids is 2. The lowest BCUT2D eigenvalue weighted by Gasteiger charge is -2.23. The van der Waals surface area contributed by atoms with Crippen molar-refractivity contribution in [1.82, 2.24) is 15.1 Å². The Morgan fingerprint density at radius 1 is 1.15 bits per heavy atom. The van der Waals surface area contributed by atoms with E-state index in [-0.39, 0.29) is 23.3 Å². The highest BCUT2D eigenvalue weighted by Gasteiger charge is 2.26. The minimum absolute atomic E-state index is 0.0649. The molecule has 0 bridgehead atoms. The van der Waals surface area contributed by atoms with Gasteiger partial charge in [0.15, 0.2) is 0 Å². The quantitative estimate of drug-likeness (QED) is 0.507. The predicted molar refractivity (Wildman–Crippen MR) is 124 cm³/mol. The first-order valence-corrected chi connectivity index (χ1v) is 10.8. The third-order valence-corrected chi connectivity index (χ3v) is 5.76. The largest absolute Gasteiger partial charge is 0.496 e. The van der Waals surface area contributed by atoms with Crippen LogP contribution in [0.4, 0.5) is 5.82 Å². The number of nitrogen functional groups attached to an aromatic ring is 1. The molecule has 4 rings (SSSR count). The van der Waals surface area contributed by atoms with E-state index in [2.05, 4.69) is 10.4 Å². The summed E-state index contributed by atoms with van der Waals surface area (Å²) in [6, 6.07) is 14.5. The van der Waals surface area contributed by atoms with Crippen LogP contribution in [0.5, 0.6) is 5.75 Å². The Hall–Kier alpha value is -3.85. The van der Waals surface area contributed by atoms with Crippen molar-refractivity contribution in [3.63, 3.8) is 0 Å². The molecule has 1 aliphatic rings. The molecule has 1 saturated heterocycles. The van der Waals surface area contributed by atoms with Crippen LogP contribution in [-0.4, -0.2) is 41.9 Å². The number of para-hydroxylation sites is 1. The van der Waals surface area contributed by atoms with Gasteiger partial charge in [0.2, 0.25) is 0 Å². The van der Waals surface area contributed by atoms with E-state index in [4.69, 9.17) is 20.9 Å². The third-order valence-electron chi connectivity index (χ3n) is 5.76. The van der Waals surface area contributed by atoms with E-state index in [0.29, 0.717) is 36.8 Å². The summed E-state index contributed by atoms with van der Waals surface area (Å²) in [4.78, 5) is 24.7. The second-order valence-corrected chi connectivity index (χ2v) is 7.84. The molecule has 2 aromatic carbocycles. The molecule has 3 aromatic rings. The molecule has 0 saturated carbocycles. The molecule has 0 radical (unpaired) electrons. The Balaban J connectivity index is 1.52. The van der Waals surface area contributed by atoms with Gasteiger partial charge in [-0.25, -0.2) is 4.68 Å². The minimum atomic E-state index is -0.617. The maximum absolute atomic E-state index is 12.5. The molecule has 9 nitrogen and oxygen atoms in total. The normalized spacial score (nSPS) is 14.1. The highest BCUT2D eigenvalue weighted by atomic mass is 16.5. The highest BCUT2D eigenvalue weighted by molar-refractivity contribution is 6.03. The second kappa shape index (κ2) is 9.74. The van der Waals surface area contributed by atoms with Gasteiger partial charge in [-0.1, -0.05) is 36.4 Å². The van der Waals surface area contributed by atoms with Crippen molar-refractivity contribution in [3.05, 3.63) is 65.2 Å². The van der Waals surface area contributed by atoms with Gasteiger partial charge in [-0.2, -0.15) is 5.10 Å². The van der Waals surface area contributed by atoms with Crippen molar-refractivity contribution >= 4 is 17.6 Å². The number of carbonyl (C=O) groups is 2. The van der Waals surface area contributed by atoms with Crippen molar-refractivity contribution in [1.29, 1.82) is 0 Å². The van der Waals surface area contributed by atoms with Gasteiger partial charge in [0.1, 0.15) is 22.8 Å². The van der Waals surface area contributed by atoms with Crippen LogP contribution in [0, 0.1) is 0 Å². The second-order valence-electron chi connectivity index (χ2n) is 7.84. The van der Waals surface area contributed by atoms with Crippen LogP contribution in [0.2, 0.25) is 0 Å². The lowest BCUT2D eigenvalue weighted by Crippen LogP contribution is -2.23. The zero-order chi connectivity index (χ0) is 23.4. The number of rotatable bonds is 7. The van der Waals surface area contributed by atoms with E-state index in [1.807, 2.05) is 30.3 Å². The van der Waals surface area contributed by atoms with E-state index in [9.17, 15) is 9.59 Å². The monoisotopic (exact) mass is 449 g/mol. The van der Waals surface area contributed by atoms with Gasteiger partial charge in [0, 0.05) is 25.3 Å². The number of benzene rings is 2. The van der Waals surface area contributed by atoms with Crippen LogP contribution < -0.4 is 21.5 Å². The van der Waals surface area contributed by atoms with Gasteiger partial charge < -0.3 is 26.3 Å². The summed E-state index contributed by atoms with van der Waals surface area (Å²) in [7, 11) is 1.53. The molecule has 0 spiro atoms. The first-order valence-electron chi connectivity index (χ1n) is 10.8. The zero-order valence-electron chi connectivity index (χ0n) is 18.4. The molecule has 9 heteroatoms. The van der Waals surface area contributed by atoms with Gasteiger partial charge in [-0.3, -0.25) is 9.59 Å². The predicted octanol–water partition coefficient (Wildman–Crippen LogP) is 2.52. The van der Waals surface area contributed by atoms with E-state index in [1.165, 1.54) is 7.11 Å². The van der Waals surface area contributed by atoms with Gasteiger partial charge in [-0.05, 0) is 30.5 Å². The van der Waals surface area contributed by atoms with Gasteiger partial charge >= 0.3 is 0 Å². The number of nitrogens with one attached hydrogen (secondary N) is 1. The molecule has 1 aliphatic heterocycles. The lowest BCUT2D eigenvalue weighted by atomic mass is 10.0. The number of nitrogens with two attached hydrogens (primary N) is 2. The summed E-state index contributed by atoms with van der Waals surface area (Å²) in [6.07, 6.45) is 1.54. The molecule has 1 aromatic heterocycles. The van der Waals surface area contributed by atoms with Crippen molar-refractivity contribution < 1.29 is 19.1 Å². The Labute approximate surface area is 191 Å². The Morgan fingerprint density at radius 2 is 1.85 bits per heavy atom. The standard InChI is InChI=1S/C24H27N5O4/c1-32-19-5-3-2-4-18(19)24(31)27-14-15-6-8-16(9-7-15)21-20(23(26)30)22(25)29(28-21)17-10-12-33-13-11-17/h2-9,17H,10-14,25H2,1H3,(H2,26,30)(H,27,31). The fraction of sp³-hybridized carbons (Fsp3) is 0.292. The zero-order valence-corrected chi connectivity index (χ0v) is 18.4. The molecule has 0 aliphatic carbocycles. The molecule has 0 unspecified atom stereocenters. The summed E-state index contributed by atoms with van der Waals surface area (Å²) >= 11 is 0. The first-order chi connectivity index (χ1) is 16.0. The summed E-state index contributed by atoms with van der Waals surface area (Å²) in [6.45, 7) is 1.58. The number of hydrogen-bond donors (Lipinski definition) is 3. The molecular formula is C24H27N5O4. The smallest absolute Gasteiger partial charge is 0.255 e. The van der Waals surface area contributed by atoms with Crippen LogP contribution in [0.3, 0.4) is 0 Å². The Kier molecular flexibility index (Phi) is 6.60. The maximum atomic E-state index is 12.5. The first kappa shape index (κ1) is 22.3. The molecule has 2 amide bonds. The number of methoxy groups -OCH3 is 1.